The maximum Gasteiger partial charge on any atom is 0.0714 e. The molecule has 0 unspecified atom stereocenters. The minimum absolute atomic E-state index is 0.488. The van der Waals surface area contributed by atoms with Crippen LogP contribution in [0.25, 0.3) is 44.5 Å². The first-order valence-corrected chi connectivity index (χ1v) is 19.4. The van der Waals surface area contributed by atoms with E-state index < -0.39 is 5.41 Å². The molecule has 1 aliphatic carbocycles. The SMILES string of the molecule is c1ccc(-c2ccc(N(c3ccc(-c4ccccc4-c4ccccc4)cc3)c3cccc4c3-c3ccccc3C4(c3ccccc3)c3ccccc3)cc2)cc1. The highest BCUT2D eigenvalue weighted by Gasteiger charge is 2.47. The number of hydrogen-bond donors (Lipinski definition) is 0. The maximum atomic E-state index is 2.45. The summed E-state index contributed by atoms with van der Waals surface area (Å²) in [5, 5.41) is 0. The van der Waals surface area contributed by atoms with Gasteiger partial charge < -0.3 is 4.90 Å². The molecule has 9 aromatic carbocycles. The topological polar surface area (TPSA) is 3.24 Å². The van der Waals surface area contributed by atoms with Gasteiger partial charge in [-0.3, -0.25) is 0 Å². The summed E-state index contributed by atoms with van der Waals surface area (Å²) >= 11 is 0. The van der Waals surface area contributed by atoms with Crippen LogP contribution in [0.5, 0.6) is 0 Å². The first-order chi connectivity index (χ1) is 27.8. The van der Waals surface area contributed by atoms with Crippen LogP contribution in [0.1, 0.15) is 22.3 Å². The van der Waals surface area contributed by atoms with Crippen LogP contribution >= 0.6 is 0 Å². The Morgan fingerprint density at radius 2 is 0.661 bits per heavy atom. The molecule has 0 radical (unpaired) electrons. The summed E-state index contributed by atoms with van der Waals surface area (Å²) in [5.74, 6) is 0. The Labute approximate surface area is 329 Å². The van der Waals surface area contributed by atoms with Crippen molar-refractivity contribution < 1.29 is 0 Å². The highest BCUT2D eigenvalue weighted by atomic mass is 15.1. The molecule has 0 spiro atoms. The first kappa shape index (κ1) is 33.4. The monoisotopic (exact) mass is 713 g/mol. The highest BCUT2D eigenvalue weighted by Crippen LogP contribution is 2.59. The van der Waals surface area contributed by atoms with Crippen LogP contribution in [0.4, 0.5) is 17.1 Å². The van der Waals surface area contributed by atoms with Crippen LogP contribution in [0, 0.1) is 0 Å². The lowest BCUT2D eigenvalue weighted by atomic mass is 9.68. The Morgan fingerprint density at radius 3 is 1.21 bits per heavy atom. The number of rotatable bonds is 8. The lowest BCUT2D eigenvalue weighted by Crippen LogP contribution is -2.28. The summed E-state index contributed by atoms with van der Waals surface area (Å²) in [6, 6.07) is 86.1. The fraction of sp³-hybridized carbons (Fsp3) is 0.0182. The van der Waals surface area contributed by atoms with E-state index in [1.807, 2.05) is 0 Å². The summed E-state index contributed by atoms with van der Waals surface area (Å²) in [5.41, 5.74) is 17.7. The third-order valence-corrected chi connectivity index (χ3v) is 11.4. The van der Waals surface area contributed by atoms with Gasteiger partial charge in [0, 0.05) is 16.9 Å². The molecule has 0 fully saturated rings. The average molecular weight is 714 g/mol. The zero-order chi connectivity index (χ0) is 37.3. The highest BCUT2D eigenvalue weighted by molar-refractivity contribution is 5.98. The number of hydrogen-bond acceptors (Lipinski definition) is 1. The maximum absolute atomic E-state index is 2.45. The number of benzene rings is 9. The molecule has 56 heavy (non-hydrogen) atoms. The Kier molecular flexibility index (Phi) is 8.46. The summed E-state index contributed by atoms with van der Waals surface area (Å²) in [4.78, 5) is 2.45. The average Bonchev–Trinajstić information content (AvgIpc) is 3.60. The van der Waals surface area contributed by atoms with Crippen LogP contribution in [0.15, 0.2) is 237 Å². The van der Waals surface area contributed by atoms with E-state index in [0.29, 0.717) is 0 Å². The van der Waals surface area contributed by atoms with Crippen molar-refractivity contribution in [2.45, 2.75) is 5.41 Å². The van der Waals surface area contributed by atoms with Crippen LogP contribution in [0.2, 0.25) is 0 Å². The van der Waals surface area contributed by atoms with Gasteiger partial charge in [0.25, 0.3) is 0 Å². The van der Waals surface area contributed by atoms with Crippen molar-refractivity contribution in [1.29, 1.82) is 0 Å². The van der Waals surface area contributed by atoms with Crippen molar-refractivity contribution >= 4 is 17.1 Å². The zero-order valence-electron chi connectivity index (χ0n) is 31.0. The molecule has 0 amide bonds. The van der Waals surface area contributed by atoms with Crippen molar-refractivity contribution in [1.82, 2.24) is 0 Å². The van der Waals surface area contributed by atoms with Crippen LogP contribution < -0.4 is 4.90 Å². The second-order valence-electron chi connectivity index (χ2n) is 14.4. The standard InChI is InChI=1S/C55H39N/c1-5-18-40(19-6-1)41-32-36-46(37-33-41)56(47-38-34-43(35-39-47)49-27-14-13-26-48(49)42-20-7-2-8-21-42)53-31-17-30-52-54(53)50-28-15-16-29-51(50)55(52,44-22-9-3-10-23-44)45-24-11-4-12-25-45/h1-39H. The van der Waals surface area contributed by atoms with Crippen LogP contribution in [-0.2, 0) is 5.41 Å². The van der Waals surface area contributed by atoms with E-state index in [4.69, 9.17) is 0 Å². The fourth-order valence-electron chi connectivity index (χ4n) is 8.92. The quantitative estimate of drug-likeness (QED) is 0.152. The van der Waals surface area contributed by atoms with E-state index in [1.54, 1.807) is 0 Å². The smallest absolute Gasteiger partial charge is 0.0714 e. The van der Waals surface area contributed by atoms with Crippen molar-refractivity contribution in [2.75, 3.05) is 4.90 Å². The third-order valence-electron chi connectivity index (χ3n) is 11.4. The van der Waals surface area contributed by atoms with Crippen LogP contribution in [0.3, 0.4) is 0 Å². The van der Waals surface area contributed by atoms with E-state index in [-0.39, 0.29) is 0 Å². The van der Waals surface area contributed by atoms with Crippen molar-refractivity contribution in [3.05, 3.63) is 259 Å². The van der Waals surface area contributed by atoms with Crippen molar-refractivity contribution in [3.8, 4) is 44.5 Å². The predicted octanol–water partition coefficient (Wildman–Crippen LogP) is 14.5. The molecule has 10 rings (SSSR count). The lowest BCUT2D eigenvalue weighted by molar-refractivity contribution is 0.768. The Bertz CT molecular complexity index is 2710. The van der Waals surface area contributed by atoms with Gasteiger partial charge in [-0.25, -0.2) is 0 Å². The fourth-order valence-corrected chi connectivity index (χ4v) is 8.92. The number of anilines is 3. The second kappa shape index (κ2) is 14.2. The van der Waals surface area contributed by atoms with E-state index >= 15 is 0 Å². The van der Waals surface area contributed by atoms with Gasteiger partial charge in [-0.05, 0) is 91.5 Å². The molecule has 0 bridgehead atoms. The zero-order valence-corrected chi connectivity index (χ0v) is 31.0. The summed E-state index contributed by atoms with van der Waals surface area (Å²) in [6.45, 7) is 0. The van der Waals surface area contributed by atoms with Crippen LogP contribution in [-0.4, -0.2) is 0 Å². The van der Waals surface area contributed by atoms with Gasteiger partial charge in [0.15, 0.2) is 0 Å². The number of nitrogens with zero attached hydrogens (tertiary/aromatic N) is 1. The van der Waals surface area contributed by atoms with E-state index in [2.05, 4.69) is 241 Å². The van der Waals surface area contributed by atoms with Gasteiger partial charge in [-0.15, -0.1) is 0 Å². The Balaban J connectivity index is 1.19. The predicted molar refractivity (Wildman–Crippen MR) is 235 cm³/mol. The second-order valence-corrected chi connectivity index (χ2v) is 14.4. The molecule has 0 saturated heterocycles. The molecule has 0 aliphatic heterocycles. The minimum Gasteiger partial charge on any atom is -0.310 e. The summed E-state index contributed by atoms with van der Waals surface area (Å²) < 4.78 is 0. The third kappa shape index (κ3) is 5.56. The molecule has 1 aliphatic rings. The molecule has 9 aromatic rings. The summed E-state index contributed by atoms with van der Waals surface area (Å²) in [6.07, 6.45) is 0. The lowest BCUT2D eigenvalue weighted by Gasteiger charge is -2.34. The van der Waals surface area contributed by atoms with Gasteiger partial charge in [0.1, 0.15) is 0 Å². The molecule has 0 N–H and O–H groups in total. The largest absolute Gasteiger partial charge is 0.310 e. The molecule has 1 heteroatoms. The molecule has 0 saturated carbocycles. The Hall–Kier alpha value is -7.22. The van der Waals surface area contributed by atoms with Gasteiger partial charge in [0.2, 0.25) is 0 Å². The number of fused-ring (bicyclic) bond motifs is 3. The normalized spacial score (nSPS) is 12.4. The molecule has 0 heterocycles. The molecule has 264 valence electrons. The molecule has 0 aromatic heterocycles. The molecular weight excluding hydrogens is 675 g/mol. The van der Waals surface area contributed by atoms with Gasteiger partial charge in [-0.2, -0.15) is 0 Å². The molecule has 1 nitrogen and oxygen atoms in total. The van der Waals surface area contributed by atoms with E-state index in [1.165, 1.54) is 66.8 Å². The minimum atomic E-state index is -0.488. The van der Waals surface area contributed by atoms with Crippen molar-refractivity contribution in [2.24, 2.45) is 0 Å². The molecular formula is C55H39N. The Morgan fingerprint density at radius 1 is 0.268 bits per heavy atom. The molecule has 0 atom stereocenters. The summed E-state index contributed by atoms with van der Waals surface area (Å²) in [7, 11) is 0. The van der Waals surface area contributed by atoms with Gasteiger partial charge in [-0.1, -0.05) is 206 Å². The van der Waals surface area contributed by atoms with E-state index in [9.17, 15) is 0 Å². The van der Waals surface area contributed by atoms with Crippen molar-refractivity contribution in [3.63, 3.8) is 0 Å². The van der Waals surface area contributed by atoms with Gasteiger partial charge >= 0.3 is 0 Å². The van der Waals surface area contributed by atoms with Gasteiger partial charge in [0.05, 0.1) is 11.1 Å². The first-order valence-electron chi connectivity index (χ1n) is 19.4. The van der Waals surface area contributed by atoms with E-state index in [0.717, 1.165) is 17.1 Å².